The summed E-state index contributed by atoms with van der Waals surface area (Å²) < 4.78 is 11.5. The van der Waals surface area contributed by atoms with Crippen molar-refractivity contribution in [2.75, 3.05) is 38.6 Å². The second kappa shape index (κ2) is 10.1. The highest BCUT2D eigenvalue weighted by Gasteiger charge is 2.21. The number of carbonyl (C=O) groups is 1. The van der Waals surface area contributed by atoms with E-state index < -0.39 is 0 Å². The summed E-state index contributed by atoms with van der Waals surface area (Å²) in [5, 5.41) is 6.80. The van der Waals surface area contributed by atoms with Crippen LogP contribution in [-0.4, -0.2) is 55.3 Å². The largest absolute Gasteiger partial charge is 0.493 e. The summed E-state index contributed by atoms with van der Waals surface area (Å²) in [7, 11) is 1.66. The number of anilines is 1. The number of fused-ring (bicyclic) bond motifs is 1. The van der Waals surface area contributed by atoms with Gasteiger partial charge in [-0.1, -0.05) is 30.3 Å². The van der Waals surface area contributed by atoms with Crippen molar-refractivity contribution in [3.63, 3.8) is 0 Å². The Hall–Kier alpha value is -3.32. The first-order valence-electron chi connectivity index (χ1n) is 10.6. The molecule has 1 aromatic heterocycles. The highest BCUT2D eigenvalue weighted by atomic mass is 16.5. The van der Waals surface area contributed by atoms with Crippen molar-refractivity contribution in [1.82, 2.24) is 15.2 Å². The lowest BCUT2D eigenvalue weighted by Crippen LogP contribution is -2.42. The van der Waals surface area contributed by atoms with E-state index in [2.05, 4.69) is 20.5 Å². The lowest BCUT2D eigenvalue weighted by atomic mass is 10.1. The Labute approximate surface area is 182 Å². The number of hydrogen-bond donors (Lipinski definition) is 2. The number of methoxy groups -OCH3 is 1. The average Bonchev–Trinajstić information content (AvgIpc) is 2.81. The van der Waals surface area contributed by atoms with Crippen LogP contribution < -0.4 is 20.1 Å². The average molecular weight is 421 g/mol. The second-order valence-electron chi connectivity index (χ2n) is 7.57. The number of para-hydroxylation sites is 3. The normalized spacial score (nSPS) is 14.9. The number of urea groups is 1. The molecule has 1 saturated heterocycles. The van der Waals surface area contributed by atoms with Crippen LogP contribution in [0.4, 0.5) is 10.5 Å². The molecule has 31 heavy (non-hydrogen) atoms. The molecule has 162 valence electrons. The Kier molecular flexibility index (Phi) is 6.84. The predicted octanol–water partition coefficient (Wildman–Crippen LogP) is 3.91. The van der Waals surface area contributed by atoms with Gasteiger partial charge in [0.2, 0.25) is 0 Å². The van der Waals surface area contributed by atoms with Crippen LogP contribution in [0.15, 0.2) is 60.8 Å². The van der Waals surface area contributed by atoms with Gasteiger partial charge in [0.1, 0.15) is 6.10 Å². The van der Waals surface area contributed by atoms with E-state index in [1.807, 2.05) is 54.6 Å². The highest BCUT2D eigenvalue weighted by molar-refractivity contribution is 6.00. The molecule has 0 unspecified atom stereocenters. The number of amides is 2. The van der Waals surface area contributed by atoms with Crippen molar-refractivity contribution >= 4 is 22.6 Å². The number of pyridine rings is 1. The Bertz CT molecular complexity index is 1010. The monoisotopic (exact) mass is 420 g/mol. The molecule has 0 spiro atoms. The number of carbonyl (C=O) groups excluding carboxylic acids is 1. The number of ether oxygens (including phenoxy) is 2. The molecule has 2 N–H and O–H groups in total. The van der Waals surface area contributed by atoms with Crippen LogP contribution in [0.3, 0.4) is 0 Å². The minimum atomic E-state index is -0.203. The van der Waals surface area contributed by atoms with Crippen LogP contribution in [0.25, 0.3) is 10.9 Å². The zero-order valence-corrected chi connectivity index (χ0v) is 17.7. The molecule has 2 aromatic carbocycles. The summed E-state index contributed by atoms with van der Waals surface area (Å²) >= 11 is 0. The zero-order valence-electron chi connectivity index (χ0n) is 17.7. The van der Waals surface area contributed by atoms with E-state index in [1.165, 1.54) is 0 Å². The van der Waals surface area contributed by atoms with Gasteiger partial charge in [-0.25, -0.2) is 4.79 Å². The summed E-state index contributed by atoms with van der Waals surface area (Å²) in [5.74, 6) is 1.56. The fourth-order valence-electron chi connectivity index (χ4n) is 3.85. The first-order valence-corrected chi connectivity index (χ1v) is 10.6. The molecule has 0 radical (unpaired) electrons. The SMILES string of the molecule is COc1ccccc1OC1CCN(CCNC(=O)Nc2ccnc3ccccc23)CC1. The van der Waals surface area contributed by atoms with Crippen LogP contribution in [0.2, 0.25) is 0 Å². The molecular weight excluding hydrogens is 392 g/mol. The smallest absolute Gasteiger partial charge is 0.319 e. The molecule has 0 atom stereocenters. The molecule has 1 fully saturated rings. The molecule has 7 heteroatoms. The van der Waals surface area contributed by atoms with Crippen LogP contribution in [0, 0.1) is 0 Å². The number of benzene rings is 2. The summed E-state index contributed by atoms with van der Waals surface area (Å²) in [5.41, 5.74) is 1.62. The van der Waals surface area contributed by atoms with Crippen molar-refractivity contribution in [3.8, 4) is 11.5 Å². The maximum Gasteiger partial charge on any atom is 0.319 e. The summed E-state index contributed by atoms with van der Waals surface area (Å²) in [6, 6.07) is 17.1. The number of hydrogen-bond acceptors (Lipinski definition) is 5. The Morgan fingerprint density at radius 1 is 1.06 bits per heavy atom. The first-order chi connectivity index (χ1) is 15.2. The van der Waals surface area contributed by atoms with Gasteiger partial charge in [0, 0.05) is 37.8 Å². The maximum absolute atomic E-state index is 12.3. The van der Waals surface area contributed by atoms with Crippen LogP contribution >= 0.6 is 0 Å². The van der Waals surface area contributed by atoms with Crippen LogP contribution in [0.1, 0.15) is 12.8 Å². The van der Waals surface area contributed by atoms with Crippen molar-refractivity contribution in [3.05, 3.63) is 60.8 Å². The third-order valence-corrected chi connectivity index (χ3v) is 5.51. The van der Waals surface area contributed by atoms with Gasteiger partial charge >= 0.3 is 6.03 Å². The van der Waals surface area contributed by atoms with Gasteiger partial charge in [-0.2, -0.15) is 0 Å². The number of likely N-dealkylation sites (tertiary alicyclic amines) is 1. The van der Waals surface area contributed by atoms with Crippen molar-refractivity contribution in [2.24, 2.45) is 0 Å². The minimum absolute atomic E-state index is 0.184. The lowest BCUT2D eigenvalue weighted by molar-refractivity contribution is 0.0987. The molecule has 3 aromatic rings. The standard InChI is InChI=1S/C24H28N4O3/c1-30-22-8-4-5-9-23(22)31-18-11-15-28(16-12-18)17-14-26-24(29)27-21-10-13-25-20-7-3-2-6-19(20)21/h2-10,13,18H,11-12,14-17H2,1H3,(H2,25,26,27,29). The molecular formula is C24H28N4O3. The van der Waals surface area contributed by atoms with Gasteiger partial charge in [-0.05, 0) is 37.1 Å². The molecule has 2 heterocycles. The number of nitrogens with one attached hydrogen (secondary N) is 2. The maximum atomic E-state index is 12.3. The molecule has 0 saturated carbocycles. The van der Waals surface area contributed by atoms with E-state index in [0.717, 1.165) is 60.6 Å². The molecule has 4 rings (SSSR count). The third kappa shape index (κ3) is 5.44. The molecule has 0 aliphatic carbocycles. The number of rotatable bonds is 7. The zero-order chi connectivity index (χ0) is 21.5. The van der Waals surface area contributed by atoms with E-state index in [0.29, 0.717) is 6.54 Å². The van der Waals surface area contributed by atoms with E-state index in [-0.39, 0.29) is 12.1 Å². The van der Waals surface area contributed by atoms with Crippen LogP contribution in [0.5, 0.6) is 11.5 Å². The van der Waals surface area contributed by atoms with E-state index in [4.69, 9.17) is 9.47 Å². The Morgan fingerprint density at radius 3 is 2.61 bits per heavy atom. The Morgan fingerprint density at radius 2 is 1.81 bits per heavy atom. The van der Waals surface area contributed by atoms with E-state index >= 15 is 0 Å². The first kappa shape index (κ1) is 20.9. The number of nitrogens with zero attached hydrogens (tertiary/aromatic N) is 2. The third-order valence-electron chi connectivity index (χ3n) is 5.51. The summed E-state index contributed by atoms with van der Waals surface area (Å²) in [4.78, 5) is 19.0. The van der Waals surface area contributed by atoms with Crippen LogP contribution in [-0.2, 0) is 0 Å². The summed E-state index contributed by atoms with van der Waals surface area (Å²) in [6.07, 6.45) is 3.79. The second-order valence-corrected chi connectivity index (χ2v) is 7.57. The topological polar surface area (TPSA) is 75.7 Å². The fourth-order valence-corrected chi connectivity index (χ4v) is 3.85. The lowest BCUT2D eigenvalue weighted by Gasteiger charge is -2.32. The quantitative estimate of drug-likeness (QED) is 0.606. The number of piperidine rings is 1. The van der Waals surface area contributed by atoms with Gasteiger partial charge in [0.25, 0.3) is 0 Å². The van der Waals surface area contributed by atoms with Gasteiger partial charge < -0.3 is 25.0 Å². The highest BCUT2D eigenvalue weighted by Crippen LogP contribution is 2.28. The molecule has 2 amide bonds. The van der Waals surface area contributed by atoms with Gasteiger partial charge in [0.15, 0.2) is 11.5 Å². The number of aromatic nitrogens is 1. The fraction of sp³-hybridized carbons (Fsp3) is 0.333. The van der Waals surface area contributed by atoms with Crippen molar-refractivity contribution in [2.45, 2.75) is 18.9 Å². The minimum Gasteiger partial charge on any atom is -0.493 e. The van der Waals surface area contributed by atoms with Gasteiger partial charge in [-0.15, -0.1) is 0 Å². The van der Waals surface area contributed by atoms with Crippen molar-refractivity contribution < 1.29 is 14.3 Å². The van der Waals surface area contributed by atoms with Crippen molar-refractivity contribution in [1.29, 1.82) is 0 Å². The predicted molar refractivity (Wildman–Crippen MR) is 122 cm³/mol. The molecule has 0 bridgehead atoms. The molecule has 1 aliphatic heterocycles. The van der Waals surface area contributed by atoms with Gasteiger partial charge in [-0.3, -0.25) is 4.98 Å². The molecule has 7 nitrogen and oxygen atoms in total. The Balaban J connectivity index is 1.19. The van der Waals surface area contributed by atoms with E-state index in [1.54, 1.807) is 13.3 Å². The van der Waals surface area contributed by atoms with E-state index in [9.17, 15) is 4.79 Å². The summed E-state index contributed by atoms with van der Waals surface area (Å²) in [6.45, 7) is 3.29. The molecule has 1 aliphatic rings. The van der Waals surface area contributed by atoms with Gasteiger partial charge in [0.05, 0.1) is 18.3 Å².